The summed E-state index contributed by atoms with van der Waals surface area (Å²) in [6.45, 7) is 0.375. The third-order valence-electron chi connectivity index (χ3n) is 3.57. The Kier molecular flexibility index (Phi) is 5.24. The SMILES string of the molecule is COc1ccc(CN)c(OCC(=O)NC2CCCC2)c1. The van der Waals surface area contributed by atoms with Crippen LogP contribution in [0.25, 0.3) is 0 Å². The van der Waals surface area contributed by atoms with Crippen molar-refractivity contribution in [2.45, 2.75) is 38.3 Å². The maximum absolute atomic E-state index is 11.8. The summed E-state index contributed by atoms with van der Waals surface area (Å²) < 4.78 is 10.7. The lowest BCUT2D eigenvalue weighted by Crippen LogP contribution is -2.36. The van der Waals surface area contributed by atoms with Gasteiger partial charge in [-0.2, -0.15) is 0 Å². The first-order valence-electron chi connectivity index (χ1n) is 7.02. The lowest BCUT2D eigenvalue weighted by Gasteiger charge is -2.14. The molecule has 0 saturated heterocycles. The lowest BCUT2D eigenvalue weighted by molar-refractivity contribution is -0.123. The van der Waals surface area contributed by atoms with Crippen LogP contribution in [0.5, 0.6) is 11.5 Å². The lowest BCUT2D eigenvalue weighted by atomic mass is 10.2. The van der Waals surface area contributed by atoms with Crippen LogP contribution >= 0.6 is 0 Å². The number of carbonyl (C=O) groups excluding carboxylic acids is 1. The number of carbonyl (C=O) groups is 1. The van der Waals surface area contributed by atoms with Crippen LogP contribution in [-0.2, 0) is 11.3 Å². The summed E-state index contributed by atoms with van der Waals surface area (Å²) in [5.41, 5.74) is 6.52. The average Bonchev–Trinajstić information content (AvgIpc) is 2.97. The molecule has 0 bridgehead atoms. The highest BCUT2D eigenvalue weighted by molar-refractivity contribution is 5.77. The van der Waals surface area contributed by atoms with Gasteiger partial charge in [-0.3, -0.25) is 4.79 Å². The van der Waals surface area contributed by atoms with E-state index in [4.69, 9.17) is 15.2 Å². The molecule has 5 heteroatoms. The van der Waals surface area contributed by atoms with E-state index in [2.05, 4.69) is 5.32 Å². The molecule has 0 unspecified atom stereocenters. The van der Waals surface area contributed by atoms with Crippen LogP contribution < -0.4 is 20.5 Å². The smallest absolute Gasteiger partial charge is 0.258 e. The second kappa shape index (κ2) is 7.14. The van der Waals surface area contributed by atoms with Gasteiger partial charge in [0.1, 0.15) is 11.5 Å². The van der Waals surface area contributed by atoms with Gasteiger partial charge in [0.05, 0.1) is 7.11 Å². The van der Waals surface area contributed by atoms with Crippen LogP contribution in [0.2, 0.25) is 0 Å². The largest absolute Gasteiger partial charge is 0.497 e. The van der Waals surface area contributed by atoms with Gasteiger partial charge in [-0.25, -0.2) is 0 Å². The molecule has 110 valence electrons. The first kappa shape index (κ1) is 14.7. The third-order valence-corrected chi connectivity index (χ3v) is 3.57. The van der Waals surface area contributed by atoms with E-state index in [9.17, 15) is 4.79 Å². The van der Waals surface area contributed by atoms with E-state index in [1.807, 2.05) is 12.1 Å². The van der Waals surface area contributed by atoms with Gasteiger partial charge in [0.2, 0.25) is 0 Å². The molecular formula is C15H22N2O3. The Morgan fingerprint density at radius 3 is 2.80 bits per heavy atom. The van der Waals surface area contributed by atoms with Gasteiger partial charge in [-0.05, 0) is 18.9 Å². The Balaban J connectivity index is 1.90. The fourth-order valence-electron chi connectivity index (χ4n) is 2.45. The number of hydrogen-bond donors (Lipinski definition) is 2. The Hall–Kier alpha value is -1.75. The number of benzene rings is 1. The van der Waals surface area contributed by atoms with Crippen molar-refractivity contribution in [1.29, 1.82) is 0 Å². The van der Waals surface area contributed by atoms with Crippen LogP contribution in [0.3, 0.4) is 0 Å². The third kappa shape index (κ3) is 3.87. The van der Waals surface area contributed by atoms with E-state index in [1.165, 1.54) is 12.8 Å². The van der Waals surface area contributed by atoms with E-state index >= 15 is 0 Å². The zero-order chi connectivity index (χ0) is 14.4. The fourth-order valence-corrected chi connectivity index (χ4v) is 2.45. The van der Waals surface area contributed by atoms with Crippen molar-refractivity contribution in [3.05, 3.63) is 23.8 Å². The Morgan fingerprint density at radius 2 is 2.15 bits per heavy atom. The molecule has 1 aromatic rings. The van der Waals surface area contributed by atoms with Crippen LogP contribution in [-0.4, -0.2) is 25.7 Å². The Bertz CT molecular complexity index is 456. The molecule has 1 aliphatic rings. The predicted molar refractivity (Wildman–Crippen MR) is 76.8 cm³/mol. The minimum absolute atomic E-state index is 0.0106. The van der Waals surface area contributed by atoms with Gasteiger partial charge in [-0.1, -0.05) is 18.9 Å². The topological polar surface area (TPSA) is 73.6 Å². The van der Waals surface area contributed by atoms with Crippen LogP contribution in [0.4, 0.5) is 0 Å². The highest BCUT2D eigenvalue weighted by atomic mass is 16.5. The molecule has 1 aliphatic carbocycles. The fraction of sp³-hybridized carbons (Fsp3) is 0.533. The van der Waals surface area contributed by atoms with Crippen LogP contribution in [0.1, 0.15) is 31.2 Å². The van der Waals surface area contributed by atoms with Gasteiger partial charge < -0.3 is 20.5 Å². The highest BCUT2D eigenvalue weighted by Crippen LogP contribution is 2.24. The van der Waals surface area contributed by atoms with Crippen molar-refractivity contribution < 1.29 is 14.3 Å². The van der Waals surface area contributed by atoms with Crippen molar-refractivity contribution in [3.63, 3.8) is 0 Å². The molecule has 0 radical (unpaired) electrons. The van der Waals surface area contributed by atoms with E-state index < -0.39 is 0 Å². The number of hydrogen-bond acceptors (Lipinski definition) is 4. The predicted octanol–water partition coefficient (Wildman–Crippen LogP) is 1.59. The van der Waals surface area contributed by atoms with E-state index in [1.54, 1.807) is 13.2 Å². The molecule has 3 N–H and O–H groups in total. The summed E-state index contributed by atoms with van der Waals surface area (Å²) in [7, 11) is 1.59. The molecule has 5 nitrogen and oxygen atoms in total. The zero-order valence-corrected chi connectivity index (χ0v) is 11.9. The molecular weight excluding hydrogens is 256 g/mol. The van der Waals surface area contributed by atoms with Crippen molar-refractivity contribution >= 4 is 5.91 Å². The van der Waals surface area contributed by atoms with Gasteiger partial charge in [0.15, 0.2) is 6.61 Å². The molecule has 1 saturated carbocycles. The van der Waals surface area contributed by atoms with Gasteiger partial charge in [-0.15, -0.1) is 0 Å². The standard InChI is InChI=1S/C15H22N2O3/c1-19-13-7-6-11(9-16)14(8-13)20-10-15(18)17-12-4-2-3-5-12/h6-8,12H,2-5,9-10,16H2,1H3,(H,17,18). The summed E-state index contributed by atoms with van der Waals surface area (Å²) >= 11 is 0. The summed E-state index contributed by atoms with van der Waals surface area (Å²) in [5.74, 6) is 1.21. The summed E-state index contributed by atoms with van der Waals surface area (Å²) in [4.78, 5) is 11.8. The minimum Gasteiger partial charge on any atom is -0.497 e. The van der Waals surface area contributed by atoms with Gasteiger partial charge in [0, 0.05) is 24.2 Å². The quantitative estimate of drug-likeness (QED) is 0.829. The van der Waals surface area contributed by atoms with E-state index in [-0.39, 0.29) is 12.5 Å². The minimum atomic E-state index is -0.0808. The molecule has 1 fully saturated rings. The molecule has 1 aromatic carbocycles. The molecule has 0 aromatic heterocycles. The molecule has 0 atom stereocenters. The molecule has 20 heavy (non-hydrogen) atoms. The van der Waals surface area contributed by atoms with Crippen LogP contribution in [0.15, 0.2) is 18.2 Å². The van der Waals surface area contributed by atoms with Crippen molar-refractivity contribution in [1.82, 2.24) is 5.32 Å². The van der Waals surface area contributed by atoms with E-state index in [0.29, 0.717) is 24.1 Å². The molecule has 0 aliphatic heterocycles. The summed E-state index contributed by atoms with van der Waals surface area (Å²) in [5, 5.41) is 2.99. The molecule has 1 amide bonds. The van der Waals surface area contributed by atoms with Crippen molar-refractivity contribution in [2.24, 2.45) is 5.73 Å². The maximum atomic E-state index is 11.8. The molecule has 2 rings (SSSR count). The van der Waals surface area contributed by atoms with Crippen molar-refractivity contribution in [3.8, 4) is 11.5 Å². The number of ether oxygens (including phenoxy) is 2. The second-order valence-electron chi connectivity index (χ2n) is 5.02. The van der Waals surface area contributed by atoms with Gasteiger partial charge in [0.25, 0.3) is 5.91 Å². The first-order valence-corrected chi connectivity index (χ1v) is 7.02. The maximum Gasteiger partial charge on any atom is 0.258 e. The normalized spacial score (nSPS) is 15.1. The second-order valence-corrected chi connectivity index (χ2v) is 5.02. The number of nitrogens with one attached hydrogen (secondary N) is 1. The first-order chi connectivity index (χ1) is 9.72. The molecule has 0 spiro atoms. The Labute approximate surface area is 119 Å². The van der Waals surface area contributed by atoms with E-state index in [0.717, 1.165) is 18.4 Å². The number of amides is 1. The number of rotatable bonds is 6. The van der Waals surface area contributed by atoms with Crippen LogP contribution in [0, 0.1) is 0 Å². The Morgan fingerprint density at radius 1 is 1.40 bits per heavy atom. The number of methoxy groups -OCH3 is 1. The summed E-state index contributed by atoms with van der Waals surface area (Å²) in [6, 6.07) is 5.74. The van der Waals surface area contributed by atoms with Gasteiger partial charge >= 0.3 is 0 Å². The van der Waals surface area contributed by atoms with Crippen molar-refractivity contribution in [2.75, 3.05) is 13.7 Å². The monoisotopic (exact) mass is 278 g/mol. The number of nitrogens with two attached hydrogens (primary N) is 1. The highest BCUT2D eigenvalue weighted by Gasteiger charge is 2.17. The summed E-state index contributed by atoms with van der Waals surface area (Å²) in [6.07, 6.45) is 4.52. The zero-order valence-electron chi connectivity index (χ0n) is 11.9. The molecule has 0 heterocycles. The average molecular weight is 278 g/mol.